The molecule has 1 fully saturated rings. The molecule has 1 aliphatic rings. The predicted octanol–water partition coefficient (Wildman–Crippen LogP) is -3.05. The van der Waals surface area contributed by atoms with Gasteiger partial charge in [-0.3, -0.25) is 0 Å². The second-order valence-electron chi connectivity index (χ2n) is 2.70. The first-order valence-corrected chi connectivity index (χ1v) is 4.53. The fourth-order valence-corrected chi connectivity index (χ4v) is 1.70. The van der Waals surface area contributed by atoms with Crippen LogP contribution in [0.2, 0.25) is 0 Å². The molecule has 0 spiro atoms. The van der Waals surface area contributed by atoms with Crippen LogP contribution in [0.5, 0.6) is 0 Å². The Bertz CT molecular complexity index is 150. The van der Waals surface area contributed by atoms with Gasteiger partial charge in [-0.2, -0.15) is 0 Å². The Hall–Kier alpha value is 0.319. The summed E-state index contributed by atoms with van der Waals surface area (Å²) in [5.74, 6) is 0. The van der Waals surface area contributed by atoms with Crippen molar-refractivity contribution in [3.05, 3.63) is 0 Å². The monoisotopic (exact) mass is 243 g/mol. The van der Waals surface area contributed by atoms with Gasteiger partial charge in [-0.1, -0.05) is 0 Å². The molecule has 12 heavy (non-hydrogen) atoms. The summed E-state index contributed by atoms with van der Waals surface area (Å²) < 4.78 is 4.96. The molecule has 1 saturated heterocycles. The number of aliphatic hydroxyl groups excluding tert-OH is 4. The Balaban J connectivity index is 2.63. The van der Waals surface area contributed by atoms with Crippen molar-refractivity contribution in [3.8, 4) is 0 Å². The van der Waals surface area contributed by atoms with Crippen molar-refractivity contribution in [2.45, 2.75) is 29.4 Å². The average Bonchev–Trinajstić information content (AvgIpc) is 2.08. The predicted molar refractivity (Wildman–Crippen MR) is 39.5 cm³/mol. The van der Waals surface area contributed by atoms with Crippen LogP contribution in [-0.4, -0.2) is 72.5 Å². The van der Waals surface area contributed by atoms with Crippen LogP contribution in [0.15, 0.2) is 0 Å². The van der Waals surface area contributed by atoms with Gasteiger partial charge in [-0.25, -0.2) is 0 Å². The number of rotatable bonds is 1. The Morgan fingerprint density at radius 2 is 1.67 bits per heavy atom. The molecular weight excluding hydrogens is 231 g/mol. The zero-order chi connectivity index (χ0) is 9.30. The summed E-state index contributed by atoms with van der Waals surface area (Å²) >= 11 is 2.49. The van der Waals surface area contributed by atoms with Crippen LogP contribution >= 0.6 is 0 Å². The summed E-state index contributed by atoms with van der Waals surface area (Å²) in [6.45, 7) is -0.386. The molecule has 0 aromatic heterocycles. The van der Waals surface area contributed by atoms with E-state index in [1.807, 2.05) is 0 Å². The first-order chi connectivity index (χ1) is 5.57. The molecule has 0 aromatic rings. The van der Waals surface area contributed by atoms with E-state index in [2.05, 4.69) is 16.0 Å². The Morgan fingerprint density at radius 3 is 2.17 bits per heavy atom. The molecule has 1 radical (unpaired) electrons. The van der Waals surface area contributed by atoms with E-state index in [0.29, 0.717) is 0 Å². The maximum absolute atomic E-state index is 9.22. The van der Waals surface area contributed by atoms with Gasteiger partial charge in [0.25, 0.3) is 0 Å². The first kappa shape index (κ1) is 10.4. The fraction of sp³-hybridized carbons (Fsp3) is 1.00. The second-order valence-corrected chi connectivity index (χ2v) is 3.67. The molecule has 0 aromatic carbocycles. The van der Waals surface area contributed by atoms with Crippen molar-refractivity contribution < 1.29 is 25.2 Å². The fourth-order valence-electron chi connectivity index (χ4n) is 1.07. The summed E-state index contributed by atoms with van der Waals surface area (Å²) in [6, 6.07) is 0. The van der Waals surface area contributed by atoms with Gasteiger partial charge in [0.05, 0.1) is 0 Å². The van der Waals surface area contributed by atoms with Crippen LogP contribution < -0.4 is 0 Å². The zero-order valence-corrected chi connectivity index (χ0v) is 7.91. The van der Waals surface area contributed by atoms with Gasteiger partial charge >= 0.3 is 77.2 Å². The van der Waals surface area contributed by atoms with E-state index in [1.54, 1.807) is 0 Å². The molecule has 71 valence electrons. The summed E-state index contributed by atoms with van der Waals surface area (Å²) in [4.78, 5) is 0. The van der Waals surface area contributed by atoms with E-state index in [1.165, 1.54) is 0 Å². The average molecular weight is 242 g/mol. The Morgan fingerprint density at radius 1 is 1.08 bits per heavy atom. The molecule has 0 aliphatic carbocycles. The van der Waals surface area contributed by atoms with Gasteiger partial charge in [0.2, 0.25) is 0 Å². The Kier molecular flexibility index (Phi) is 3.48. The first-order valence-electron chi connectivity index (χ1n) is 3.54. The molecule has 6 heteroatoms. The van der Waals surface area contributed by atoms with Crippen LogP contribution in [-0.2, 0) is 4.74 Å². The van der Waals surface area contributed by atoms with E-state index < -0.39 is 29.4 Å². The molecule has 4 N–H and O–H groups in total. The quantitative estimate of drug-likeness (QED) is 0.367. The van der Waals surface area contributed by atoms with Crippen molar-refractivity contribution in [1.29, 1.82) is 0 Å². The number of ether oxygens (including phenoxy) is 1. The SMILES string of the molecule is OC[C@H]1OC([Se])[C@@H](O)[C@@H](O)[C@@H]1O. The third-order valence-corrected chi connectivity index (χ3v) is 2.67. The molecule has 5 nitrogen and oxygen atoms in total. The number of aliphatic hydroxyl groups is 4. The summed E-state index contributed by atoms with van der Waals surface area (Å²) in [7, 11) is 0. The second kappa shape index (κ2) is 4.02. The number of hydrogen-bond acceptors (Lipinski definition) is 5. The van der Waals surface area contributed by atoms with Gasteiger partial charge in [0, 0.05) is 0 Å². The minimum absolute atomic E-state index is 0.386. The van der Waals surface area contributed by atoms with Gasteiger partial charge in [-0.15, -0.1) is 0 Å². The van der Waals surface area contributed by atoms with Gasteiger partial charge in [0.15, 0.2) is 0 Å². The van der Waals surface area contributed by atoms with Crippen molar-refractivity contribution in [2.24, 2.45) is 0 Å². The van der Waals surface area contributed by atoms with Crippen LogP contribution in [0.1, 0.15) is 0 Å². The molecule has 0 bridgehead atoms. The van der Waals surface area contributed by atoms with E-state index >= 15 is 0 Å². The van der Waals surface area contributed by atoms with Crippen molar-refractivity contribution in [1.82, 2.24) is 0 Å². The molecule has 1 aliphatic heterocycles. The normalized spacial score (nSPS) is 49.2. The summed E-state index contributed by atoms with van der Waals surface area (Å²) in [6.07, 6.45) is -4.51. The molecule has 1 rings (SSSR count). The minimum atomic E-state index is -1.28. The Labute approximate surface area is 77.8 Å². The summed E-state index contributed by atoms with van der Waals surface area (Å²) in [5, 5.41) is 35.6. The van der Waals surface area contributed by atoms with Gasteiger partial charge < -0.3 is 0 Å². The van der Waals surface area contributed by atoms with Gasteiger partial charge in [0.1, 0.15) is 0 Å². The maximum atomic E-state index is 9.22. The molecule has 5 atom stereocenters. The van der Waals surface area contributed by atoms with E-state index in [-0.39, 0.29) is 6.61 Å². The topological polar surface area (TPSA) is 90.2 Å². The van der Waals surface area contributed by atoms with Crippen LogP contribution in [0.3, 0.4) is 0 Å². The van der Waals surface area contributed by atoms with Crippen LogP contribution in [0, 0.1) is 0 Å². The third kappa shape index (κ3) is 1.80. The third-order valence-electron chi connectivity index (χ3n) is 1.85. The number of hydrogen-bond donors (Lipinski definition) is 4. The van der Waals surface area contributed by atoms with Crippen LogP contribution in [0.4, 0.5) is 0 Å². The molecule has 0 saturated carbocycles. The summed E-state index contributed by atoms with van der Waals surface area (Å²) in [5.41, 5.74) is 0. The standard InChI is InChI=1S/C6H11O5Se/c7-1-2-3(8)4(9)5(10)6(12)11-2/h2-10H,1H2/t2-,3-,4+,5+,6?/m1/s1. The molecule has 1 unspecified atom stereocenters. The van der Waals surface area contributed by atoms with E-state index in [9.17, 15) is 15.3 Å². The van der Waals surface area contributed by atoms with Crippen molar-refractivity contribution in [2.75, 3.05) is 6.61 Å². The van der Waals surface area contributed by atoms with Crippen LogP contribution in [0.25, 0.3) is 0 Å². The van der Waals surface area contributed by atoms with E-state index in [4.69, 9.17) is 9.84 Å². The van der Waals surface area contributed by atoms with E-state index in [0.717, 1.165) is 0 Å². The van der Waals surface area contributed by atoms with Crippen molar-refractivity contribution in [3.63, 3.8) is 0 Å². The van der Waals surface area contributed by atoms with Gasteiger partial charge in [-0.05, 0) is 0 Å². The molecular formula is C6H11O5Se. The van der Waals surface area contributed by atoms with Crippen molar-refractivity contribution >= 4 is 16.0 Å². The molecule has 1 heterocycles. The molecule has 0 amide bonds. The zero-order valence-electron chi connectivity index (χ0n) is 6.20.